The van der Waals surface area contributed by atoms with Gasteiger partial charge in [0.1, 0.15) is 10.7 Å². The summed E-state index contributed by atoms with van der Waals surface area (Å²) in [6.07, 6.45) is 3.72. The highest BCUT2D eigenvalue weighted by atomic mass is 32.2. The summed E-state index contributed by atoms with van der Waals surface area (Å²) in [5.74, 6) is -2.38. The molecule has 2 aromatic rings. The number of nitrogens with zero attached hydrogens (tertiary/aromatic N) is 1. The van der Waals surface area contributed by atoms with Crippen LogP contribution < -0.4 is 4.72 Å². The number of piperidine rings is 1. The van der Waals surface area contributed by atoms with Crippen LogP contribution in [0.4, 0.5) is 4.39 Å². The van der Waals surface area contributed by atoms with Crippen molar-refractivity contribution in [3.05, 3.63) is 51.5 Å². The van der Waals surface area contributed by atoms with Gasteiger partial charge in [-0.2, -0.15) is 4.31 Å². The van der Waals surface area contributed by atoms with Gasteiger partial charge in [0.25, 0.3) is 0 Å². The summed E-state index contributed by atoms with van der Waals surface area (Å²) >= 11 is 1.15. The molecule has 0 aliphatic carbocycles. The number of ether oxygens (including phenoxy) is 1. The van der Waals surface area contributed by atoms with Crippen molar-refractivity contribution in [3.63, 3.8) is 0 Å². The zero-order valence-electron chi connectivity index (χ0n) is 18.5. The maximum Gasteiger partial charge on any atom is 0.338 e. The third kappa shape index (κ3) is 6.92. The molecule has 1 fully saturated rings. The number of halogens is 1. The number of carbonyl (C=O) groups excluding carboxylic acids is 2. The molecule has 0 bridgehead atoms. The Hall–Kier alpha value is -2.19. The van der Waals surface area contributed by atoms with Crippen LogP contribution in [-0.2, 0) is 31.2 Å². The SMILES string of the molecule is CS(=O)(=O)NCCc1ccc(C(=O)COC(=O)c2ccc(F)c(S(=O)(=O)N3CCCCC3)c2)s1. The van der Waals surface area contributed by atoms with Crippen molar-refractivity contribution in [2.24, 2.45) is 0 Å². The lowest BCUT2D eigenvalue weighted by Gasteiger charge is -2.26. The second-order valence-electron chi connectivity index (χ2n) is 7.79. The molecule has 0 saturated carbocycles. The lowest BCUT2D eigenvalue weighted by Crippen LogP contribution is -2.36. The molecule has 0 atom stereocenters. The molecule has 1 aromatic heterocycles. The maximum absolute atomic E-state index is 14.3. The molecule has 9 nitrogen and oxygen atoms in total. The smallest absolute Gasteiger partial charge is 0.338 e. The molecule has 3 rings (SSSR count). The van der Waals surface area contributed by atoms with E-state index < -0.39 is 49.1 Å². The normalized spacial score (nSPS) is 15.2. The first-order valence-corrected chi connectivity index (χ1v) is 14.7. The molecule has 34 heavy (non-hydrogen) atoms. The van der Waals surface area contributed by atoms with Gasteiger partial charge in [0.15, 0.2) is 6.61 Å². The number of hydrogen-bond acceptors (Lipinski definition) is 8. The summed E-state index contributed by atoms with van der Waals surface area (Å²) in [4.78, 5) is 25.3. The first-order chi connectivity index (χ1) is 16.0. The number of thiophene rings is 1. The van der Waals surface area contributed by atoms with E-state index in [9.17, 15) is 30.8 Å². The van der Waals surface area contributed by atoms with Gasteiger partial charge in [-0.3, -0.25) is 4.79 Å². The zero-order valence-corrected chi connectivity index (χ0v) is 20.9. The van der Waals surface area contributed by atoms with Crippen LogP contribution in [0.5, 0.6) is 0 Å². The number of sulfonamides is 2. The Morgan fingerprint density at radius 1 is 1.09 bits per heavy atom. The van der Waals surface area contributed by atoms with E-state index in [2.05, 4.69) is 4.72 Å². The number of esters is 1. The van der Waals surface area contributed by atoms with Crippen molar-refractivity contribution < 1.29 is 35.6 Å². The highest BCUT2D eigenvalue weighted by Crippen LogP contribution is 2.24. The van der Waals surface area contributed by atoms with E-state index in [4.69, 9.17) is 4.74 Å². The predicted octanol–water partition coefficient (Wildman–Crippen LogP) is 2.19. The number of ketones is 1. The fourth-order valence-electron chi connectivity index (χ4n) is 3.38. The highest BCUT2D eigenvalue weighted by Gasteiger charge is 2.29. The minimum absolute atomic E-state index is 0.177. The number of nitrogens with one attached hydrogen (secondary N) is 1. The van der Waals surface area contributed by atoms with E-state index in [-0.39, 0.29) is 25.2 Å². The van der Waals surface area contributed by atoms with Gasteiger partial charge < -0.3 is 4.74 Å². The molecule has 2 heterocycles. The van der Waals surface area contributed by atoms with Crippen LogP contribution in [0.15, 0.2) is 35.2 Å². The van der Waals surface area contributed by atoms with E-state index in [0.717, 1.165) is 47.1 Å². The van der Waals surface area contributed by atoms with E-state index in [1.807, 2.05) is 0 Å². The minimum atomic E-state index is -4.09. The van der Waals surface area contributed by atoms with Crippen LogP contribution >= 0.6 is 11.3 Å². The Bertz CT molecular complexity index is 1270. The molecule has 1 aliphatic rings. The second kappa shape index (κ2) is 11.0. The summed E-state index contributed by atoms with van der Waals surface area (Å²) in [5.41, 5.74) is -0.177. The Morgan fingerprint density at radius 3 is 2.47 bits per heavy atom. The van der Waals surface area contributed by atoms with Gasteiger partial charge in [0.05, 0.1) is 16.7 Å². The third-order valence-corrected chi connectivity index (χ3v) is 8.93. The summed E-state index contributed by atoms with van der Waals surface area (Å²) < 4.78 is 70.8. The average molecular weight is 533 g/mol. The Morgan fingerprint density at radius 2 is 1.79 bits per heavy atom. The number of carbonyl (C=O) groups is 2. The quantitative estimate of drug-likeness (QED) is 0.367. The number of rotatable bonds is 10. The van der Waals surface area contributed by atoms with Crippen molar-refractivity contribution in [1.29, 1.82) is 0 Å². The lowest BCUT2D eigenvalue weighted by atomic mass is 10.2. The average Bonchev–Trinajstić information content (AvgIpc) is 3.26. The first-order valence-electron chi connectivity index (χ1n) is 10.5. The Balaban J connectivity index is 1.62. The largest absolute Gasteiger partial charge is 0.454 e. The van der Waals surface area contributed by atoms with Gasteiger partial charge in [-0.05, 0) is 49.6 Å². The van der Waals surface area contributed by atoms with Gasteiger partial charge in [0.2, 0.25) is 25.8 Å². The van der Waals surface area contributed by atoms with Crippen LogP contribution in [0.2, 0.25) is 0 Å². The fourth-order valence-corrected chi connectivity index (χ4v) is 6.39. The third-order valence-electron chi connectivity index (χ3n) is 5.11. The van der Waals surface area contributed by atoms with Gasteiger partial charge in [-0.1, -0.05) is 6.42 Å². The molecular formula is C21H25FN2O7S3. The van der Waals surface area contributed by atoms with Crippen molar-refractivity contribution in [3.8, 4) is 0 Å². The van der Waals surface area contributed by atoms with E-state index in [1.54, 1.807) is 12.1 Å². The van der Waals surface area contributed by atoms with Crippen LogP contribution in [-0.4, -0.2) is 65.4 Å². The topological polar surface area (TPSA) is 127 Å². The number of benzene rings is 1. The predicted molar refractivity (Wildman–Crippen MR) is 124 cm³/mol. The molecule has 0 radical (unpaired) electrons. The van der Waals surface area contributed by atoms with Gasteiger partial charge >= 0.3 is 5.97 Å². The van der Waals surface area contributed by atoms with Crippen LogP contribution in [0.25, 0.3) is 0 Å². The molecule has 1 N–H and O–H groups in total. The molecule has 1 aromatic carbocycles. The lowest BCUT2D eigenvalue weighted by molar-refractivity contribution is 0.0475. The molecule has 186 valence electrons. The first kappa shape index (κ1) is 26.4. The highest BCUT2D eigenvalue weighted by molar-refractivity contribution is 7.89. The number of Topliss-reactive ketones (excluding diaryl/α,β-unsaturated/α-hetero) is 1. The van der Waals surface area contributed by atoms with Crippen molar-refractivity contribution in [1.82, 2.24) is 9.03 Å². The standard InChI is InChI=1S/C21H25FN2O7S3/c1-33(27,28)23-10-9-16-6-8-19(32-16)18(25)14-31-21(26)15-5-7-17(22)20(13-15)34(29,30)24-11-3-2-4-12-24/h5-8,13,23H,2-4,9-12,14H2,1H3. The fraction of sp³-hybridized carbons (Fsp3) is 0.429. The monoisotopic (exact) mass is 532 g/mol. The summed E-state index contributed by atoms with van der Waals surface area (Å²) in [6, 6.07) is 6.17. The Kier molecular flexibility index (Phi) is 8.57. The van der Waals surface area contributed by atoms with Crippen molar-refractivity contribution >= 4 is 43.1 Å². The van der Waals surface area contributed by atoms with Crippen LogP contribution in [0.1, 0.15) is 44.2 Å². The molecule has 13 heteroatoms. The molecule has 0 amide bonds. The molecular weight excluding hydrogens is 507 g/mol. The maximum atomic E-state index is 14.3. The molecule has 0 unspecified atom stereocenters. The number of hydrogen-bond donors (Lipinski definition) is 1. The minimum Gasteiger partial charge on any atom is -0.454 e. The van der Waals surface area contributed by atoms with Crippen molar-refractivity contribution in [2.45, 2.75) is 30.6 Å². The molecule has 1 saturated heterocycles. The van der Waals surface area contributed by atoms with E-state index >= 15 is 0 Å². The van der Waals surface area contributed by atoms with E-state index in [1.165, 1.54) is 4.31 Å². The molecule has 0 spiro atoms. The molecule has 1 aliphatic heterocycles. The van der Waals surface area contributed by atoms with Crippen molar-refractivity contribution in [2.75, 3.05) is 32.5 Å². The van der Waals surface area contributed by atoms with Crippen LogP contribution in [0, 0.1) is 5.82 Å². The summed E-state index contributed by atoms with van der Waals surface area (Å²) in [6.45, 7) is 0.192. The second-order valence-corrected chi connectivity index (χ2v) is 12.7. The summed E-state index contributed by atoms with van der Waals surface area (Å²) in [7, 11) is -7.40. The van der Waals surface area contributed by atoms with Gasteiger partial charge in [-0.15, -0.1) is 11.3 Å². The van der Waals surface area contributed by atoms with Crippen LogP contribution in [0.3, 0.4) is 0 Å². The Labute approximate surface area is 202 Å². The zero-order chi connectivity index (χ0) is 24.9. The summed E-state index contributed by atoms with van der Waals surface area (Å²) in [5, 5.41) is 0. The van der Waals surface area contributed by atoms with Gasteiger partial charge in [0, 0.05) is 24.5 Å². The van der Waals surface area contributed by atoms with E-state index in [0.29, 0.717) is 24.1 Å². The van der Waals surface area contributed by atoms with Gasteiger partial charge in [-0.25, -0.2) is 30.7 Å².